The molecule has 0 radical (unpaired) electrons. The molecule has 2 rings (SSSR count). The van der Waals surface area contributed by atoms with Gasteiger partial charge in [-0.15, -0.1) is 0 Å². The second-order valence-corrected chi connectivity index (χ2v) is 4.91. The van der Waals surface area contributed by atoms with E-state index in [0.717, 1.165) is 16.9 Å². The summed E-state index contributed by atoms with van der Waals surface area (Å²) in [7, 11) is 1.45. The van der Waals surface area contributed by atoms with Gasteiger partial charge in [0.2, 0.25) is 0 Å². The SMILES string of the molecule is COS(=O)c1ccccc1Cc1ccccc1. The van der Waals surface area contributed by atoms with E-state index in [1.165, 1.54) is 12.7 Å². The van der Waals surface area contributed by atoms with Crippen molar-refractivity contribution < 1.29 is 8.39 Å². The van der Waals surface area contributed by atoms with Crippen molar-refractivity contribution in [3.05, 3.63) is 65.7 Å². The molecule has 0 N–H and O–H groups in total. The molecule has 0 aliphatic heterocycles. The molecule has 0 bridgehead atoms. The molecule has 1 atom stereocenters. The molecule has 1 unspecified atom stereocenters. The van der Waals surface area contributed by atoms with Gasteiger partial charge in [-0.25, -0.2) is 4.21 Å². The fraction of sp³-hybridized carbons (Fsp3) is 0.143. The lowest BCUT2D eigenvalue weighted by atomic mass is 10.1. The maximum Gasteiger partial charge on any atom is 0.189 e. The van der Waals surface area contributed by atoms with Crippen LogP contribution in [0.25, 0.3) is 0 Å². The van der Waals surface area contributed by atoms with Gasteiger partial charge in [0.1, 0.15) is 0 Å². The molecule has 2 aromatic rings. The highest BCUT2D eigenvalue weighted by molar-refractivity contribution is 7.80. The number of hydrogen-bond donors (Lipinski definition) is 0. The van der Waals surface area contributed by atoms with Crippen LogP contribution in [0.5, 0.6) is 0 Å². The number of hydrogen-bond acceptors (Lipinski definition) is 2. The van der Waals surface area contributed by atoms with Crippen LogP contribution in [0, 0.1) is 0 Å². The Kier molecular flexibility index (Phi) is 4.07. The smallest absolute Gasteiger partial charge is 0.189 e. The van der Waals surface area contributed by atoms with Crippen molar-refractivity contribution in [1.82, 2.24) is 0 Å². The molecule has 3 heteroatoms. The maximum atomic E-state index is 11.7. The topological polar surface area (TPSA) is 26.3 Å². The summed E-state index contributed by atoms with van der Waals surface area (Å²) in [5.74, 6) is 0. The third-order valence-corrected chi connectivity index (χ3v) is 3.60. The van der Waals surface area contributed by atoms with Crippen LogP contribution in [0.1, 0.15) is 11.1 Å². The Morgan fingerprint density at radius 3 is 2.35 bits per heavy atom. The largest absolute Gasteiger partial charge is 0.290 e. The van der Waals surface area contributed by atoms with Gasteiger partial charge in [-0.2, -0.15) is 0 Å². The Labute approximate surface area is 104 Å². The molecule has 0 saturated heterocycles. The van der Waals surface area contributed by atoms with Gasteiger partial charge in [0.05, 0.1) is 12.0 Å². The fourth-order valence-corrected chi connectivity index (χ4v) is 2.44. The van der Waals surface area contributed by atoms with Gasteiger partial charge in [-0.1, -0.05) is 48.5 Å². The van der Waals surface area contributed by atoms with Gasteiger partial charge in [-0.05, 0) is 23.6 Å². The summed E-state index contributed by atoms with van der Waals surface area (Å²) < 4.78 is 16.6. The van der Waals surface area contributed by atoms with Gasteiger partial charge < -0.3 is 0 Å². The minimum absolute atomic E-state index is 0.749. The first kappa shape index (κ1) is 12.0. The molecular formula is C14H14O2S. The van der Waals surface area contributed by atoms with E-state index in [1.807, 2.05) is 42.5 Å². The lowest BCUT2D eigenvalue weighted by Crippen LogP contribution is -1.99. The third kappa shape index (κ3) is 3.02. The first-order chi connectivity index (χ1) is 8.31. The van der Waals surface area contributed by atoms with Crippen LogP contribution in [-0.2, 0) is 21.7 Å². The van der Waals surface area contributed by atoms with Crippen molar-refractivity contribution in [2.24, 2.45) is 0 Å². The van der Waals surface area contributed by atoms with Crippen LogP contribution in [0.2, 0.25) is 0 Å². The summed E-state index contributed by atoms with van der Waals surface area (Å²) in [5, 5.41) is 0. The standard InChI is InChI=1S/C14H14O2S/c1-16-17(15)14-10-6-5-9-13(14)11-12-7-3-2-4-8-12/h2-10H,11H2,1H3. The minimum Gasteiger partial charge on any atom is -0.290 e. The molecule has 17 heavy (non-hydrogen) atoms. The molecule has 0 aromatic heterocycles. The summed E-state index contributed by atoms with van der Waals surface area (Å²) in [4.78, 5) is 0.749. The Balaban J connectivity index is 2.30. The Bertz CT molecular complexity index is 509. The van der Waals surface area contributed by atoms with Crippen molar-refractivity contribution >= 4 is 11.1 Å². The fourth-order valence-electron chi connectivity index (χ4n) is 1.72. The molecule has 0 aliphatic carbocycles. The van der Waals surface area contributed by atoms with Crippen molar-refractivity contribution in [1.29, 1.82) is 0 Å². The maximum absolute atomic E-state index is 11.7. The molecular weight excluding hydrogens is 232 g/mol. The summed E-state index contributed by atoms with van der Waals surface area (Å²) >= 11 is -1.38. The Morgan fingerprint density at radius 2 is 1.65 bits per heavy atom. The van der Waals surface area contributed by atoms with Crippen LogP contribution >= 0.6 is 0 Å². The zero-order valence-corrected chi connectivity index (χ0v) is 10.4. The first-order valence-electron chi connectivity index (χ1n) is 5.39. The van der Waals surface area contributed by atoms with Gasteiger partial charge in [0.25, 0.3) is 0 Å². The summed E-state index contributed by atoms with van der Waals surface area (Å²) in [6.45, 7) is 0. The van der Waals surface area contributed by atoms with E-state index in [1.54, 1.807) is 0 Å². The molecule has 0 heterocycles. The molecule has 2 nitrogen and oxygen atoms in total. The van der Waals surface area contributed by atoms with Gasteiger partial charge in [0.15, 0.2) is 11.1 Å². The van der Waals surface area contributed by atoms with E-state index in [0.29, 0.717) is 0 Å². The van der Waals surface area contributed by atoms with E-state index in [-0.39, 0.29) is 0 Å². The quantitative estimate of drug-likeness (QED) is 0.829. The monoisotopic (exact) mass is 246 g/mol. The number of rotatable bonds is 4. The van der Waals surface area contributed by atoms with Crippen molar-refractivity contribution in [2.45, 2.75) is 11.3 Å². The van der Waals surface area contributed by atoms with E-state index >= 15 is 0 Å². The Morgan fingerprint density at radius 1 is 1.00 bits per heavy atom. The lowest BCUT2D eigenvalue weighted by Gasteiger charge is -2.07. The summed E-state index contributed by atoms with van der Waals surface area (Å²) in [5.41, 5.74) is 2.24. The Hall–Kier alpha value is -1.45. The zero-order chi connectivity index (χ0) is 12.1. The molecule has 0 amide bonds. The molecule has 0 spiro atoms. The van der Waals surface area contributed by atoms with Crippen LogP contribution in [0.3, 0.4) is 0 Å². The van der Waals surface area contributed by atoms with Crippen LogP contribution in [0.15, 0.2) is 59.5 Å². The molecule has 0 aliphatic rings. The lowest BCUT2D eigenvalue weighted by molar-refractivity contribution is 0.445. The van der Waals surface area contributed by atoms with Crippen LogP contribution < -0.4 is 0 Å². The van der Waals surface area contributed by atoms with Crippen LogP contribution in [-0.4, -0.2) is 11.3 Å². The average Bonchev–Trinajstić information content (AvgIpc) is 2.40. The zero-order valence-electron chi connectivity index (χ0n) is 9.63. The third-order valence-electron chi connectivity index (χ3n) is 2.54. The molecule has 2 aromatic carbocycles. The highest BCUT2D eigenvalue weighted by Crippen LogP contribution is 2.17. The van der Waals surface area contributed by atoms with Crippen molar-refractivity contribution in [3.8, 4) is 0 Å². The van der Waals surface area contributed by atoms with E-state index < -0.39 is 11.1 Å². The van der Waals surface area contributed by atoms with Crippen molar-refractivity contribution in [2.75, 3.05) is 7.11 Å². The summed E-state index contributed by atoms with van der Waals surface area (Å²) in [6.07, 6.45) is 0.770. The van der Waals surface area contributed by atoms with E-state index in [4.69, 9.17) is 4.18 Å². The number of benzene rings is 2. The van der Waals surface area contributed by atoms with E-state index in [9.17, 15) is 4.21 Å². The second-order valence-electron chi connectivity index (χ2n) is 3.67. The van der Waals surface area contributed by atoms with Gasteiger partial charge in [-0.3, -0.25) is 4.18 Å². The first-order valence-corrected chi connectivity index (χ1v) is 6.47. The predicted molar refractivity (Wildman–Crippen MR) is 69.1 cm³/mol. The minimum atomic E-state index is -1.38. The molecule has 88 valence electrons. The average molecular weight is 246 g/mol. The predicted octanol–water partition coefficient (Wildman–Crippen LogP) is 2.95. The van der Waals surface area contributed by atoms with Gasteiger partial charge >= 0.3 is 0 Å². The van der Waals surface area contributed by atoms with Gasteiger partial charge in [0, 0.05) is 0 Å². The highest BCUT2D eigenvalue weighted by atomic mass is 32.2. The van der Waals surface area contributed by atoms with E-state index in [2.05, 4.69) is 12.1 Å². The molecule has 0 fully saturated rings. The summed E-state index contributed by atoms with van der Waals surface area (Å²) in [6, 6.07) is 17.8. The normalized spacial score (nSPS) is 12.3. The highest BCUT2D eigenvalue weighted by Gasteiger charge is 2.08. The van der Waals surface area contributed by atoms with Crippen LogP contribution in [0.4, 0.5) is 0 Å². The second kappa shape index (κ2) is 5.75. The van der Waals surface area contributed by atoms with Crippen molar-refractivity contribution in [3.63, 3.8) is 0 Å². The molecule has 0 saturated carbocycles.